The summed E-state index contributed by atoms with van der Waals surface area (Å²) < 4.78 is 27.0. The summed E-state index contributed by atoms with van der Waals surface area (Å²) in [5.74, 6) is 1.09. The molecular formula is C21H20ClN3O7. The molecule has 0 spiro atoms. The minimum atomic E-state index is -0.509. The number of rotatable bonds is 6. The molecule has 5 rings (SSSR count). The smallest absolute Gasteiger partial charge is 0.414 e. The summed E-state index contributed by atoms with van der Waals surface area (Å²) in [6.07, 6.45) is 1.06. The van der Waals surface area contributed by atoms with Crippen molar-refractivity contribution < 1.29 is 33.3 Å². The van der Waals surface area contributed by atoms with Crippen LogP contribution in [-0.2, 0) is 9.47 Å². The molecule has 2 atom stereocenters. The van der Waals surface area contributed by atoms with Gasteiger partial charge in [0, 0.05) is 18.7 Å². The maximum absolute atomic E-state index is 12.5. The molecule has 168 valence electrons. The van der Waals surface area contributed by atoms with Crippen LogP contribution >= 0.6 is 11.6 Å². The third-order valence-corrected chi connectivity index (χ3v) is 5.54. The van der Waals surface area contributed by atoms with Crippen LogP contribution in [0.5, 0.6) is 17.4 Å². The van der Waals surface area contributed by atoms with Gasteiger partial charge in [-0.15, -0.1) is 0 Å². The molecule has 11 heteroatoms. The highest BCUT2D eigenvalue weighted by Crippen LogP contribution is 2.36. The molecule has 2 amide bonds. The molecular weight excluding hydrogens is 442 g/mol. The number of fused-ring (bicyclic) bond motifs is 1. The van der Waals surface area contributed by atoms with Gasteiger partial charge in [-0.25, -0.2) is 9.78 Å². The van der Waals surface area contributed by atoms with Gasteiger partial charge in [-0.2, -0.15) is 0 Å². The van der Waals surface area contributed by atoms with Crippen molar-refractivity contribution in [1.29, 1.82) is 0 Å². The number of carbonyl (C=O) groups is 2. The number of benzene rings is 1. The van der Waals surface area contributed by atoms with Crippen LogP contribution in [0.1, 0.15) is 16.8 Å². The summed E-state index contributed by atoms with van der Waals surface area (Å²) in [6, 6.07) is 6.71. The Morgan fingerprint density at radius 1 is 1.28 bits per heavy atom. The number of hydrogen-bond donors (Lipinski definition) is 1. The third kappa shape index (κ3) is 4.23. The Hall–Kier alpha value is -3.24. The lowest BCUT2D eigenvalue weighted by molar-refractivity contribution is 0.0915. The van der Waals surface area contributed by atoms with Crippen LogP contribution in [-0.4, -0.2) is 62.3 Å². The van der Waals surface area contributed by atoms with Crippen molar-refractivity contribution in [2.75, 3.05) is 38.0 Å². The van der Waals surface area contributed by atoms with Crippen LogP contribution < -0.4 is 24.4 Å². The van der Waals surface area contributed by atoms with E-state index in [1.54, 1.807) is 18.2 Å². The summed E-state index contributed by atoms with van der Waals surface area (Å²) in [7, 11) is 0. The molecule has 32 heavy (non-hydrogen) atoms. The van der Waals surface area contributed by atoms with Crippen LogP contribution in [0, 0.1) is 0 Å². The topological polar surface area (TPSA) is 108 Å². The molecule has 1 aromatic heterocycles. The van der Waals surface area contributed by atoms with Gasteiger partial charge in [0.1, 0.15) is 17.2 Å². The third-order valence-electron chi connectivity index (χ3n) is 5.27. The van der Waals surface area contributed by atoms with E-state index >= 15 is 0 Å². The lowest BCUT2D eigenvalue weighted by atomic mass is 10.2. The highest BCUT2D eigenvalue weighted by Gasteiger charge is 2.33. The quantitative estimate of drug-likeness (QED) is 0.698. The van der Waals surface area contributed by atoms with E-state index in [0.29, 0.717) is 30.4 Å². The Kier molecular flexibility index (Phi) is 5.62. The van der Waals surface area contributed by atoms with E-state index in [4.69, 9.17) is 35.3 Å². The van der Waals surface area contributed by atoms with Crippen molar-refractivity contribution in [3.8, 4) is 17.4 Å². The van der Waals surface area contributed by atoms with Gasteiger partial charge in [0.2, 0.25) is 12.7 Å². The molecule has 2 saturated heterocycles. The number of pyridine rings is 1. The summed E-state index contributed by atoms with van der Waals surface area (Å²) in [5, 5.41) is 2.99. The Morgan fingerprint density at radius 3 is 2.97 bits per heavy atom. The number of nitrogens with zero attached hydrogens (tertiary/aromatic N) is 2. The number of anilines is 1. The summed E-state index contributed by atoms with van der Waals surface area (Å²) in [5.41, 5.74) is 0.911. The lowest BCUT2D eigenvalue weighted by Gasteiger charge is -2.14. The fraction of sp³-hybridized carbons (Fsp3) is 0.381. The fourth-order valence-corrected chi connectivity index (χ4v) is 3.81. The van der Waals surface area contributed by atoms with Crippen molar-refractivity contribution in [2.24, 2.45) is 0 Å². The zero-order valence-corrected chi connectivity index (χ0v) is 17.7. The van der Waals surface area contributed by atoms with Crippen molar-refractivity contribution >= 4 is 29.3 Å². The first-order valence-corrected chi connectivity index (χ1v) is 10.5. The minimum absolute atomic E-state index is 0.0931. The highest BCUT2D eigenvalue weighted by atomic mass is 35.5. The molecule has 0 bridgehead atoms. The van der Waals surface area contributed by atoms with Crippen LogP contribution in [0.4, 0.5) is 10.5 Å². The largest absolute Gasteiger partial charge is 0.471 e. The molecule has 2 aromatic rings. The van der Waals surface area contributed by atoms with Crippen LogP contribution in [0.25, 0.3) is 0 Å². The average molecular weight is 462 g/mol. The first-order chi connectivity index (χ1) is 15.6. The predicted molar refractivity (Wildman–Crippen MR) is 112 cm³/mol. The number of cyclic esters (lactones) is 1. The molecule has 0 aliphatic carbocycles. The summed E-state index contributed by atoms with van der Waals surface area (Å²) in [6.45, 7) is 1.71. The highest BCUT2D eigenvalue weighted by molar-refractivity contribution is 6.32. The van der Waals surface area contributed by atoms with Crippen LogP contribution in [0.2, 0.25) is 5.02 Å². The first kappa shape index (κ1) is 20.7. The van der Waals surface area contributed by atoms with E-state index < -0.39 is 12.2 Å². The lowest BCUT2D eigenvalue weighted by Crippen LogP contribution is -2.34. The molecule has 0 radical (unpaired) electrons. The van der Waals surface area contributed by atoms with Crippen LogP contribution in [0.15, 0.2) is 30.5 Å². The standard InChI is InChI=1S/C21H20ClN3O7/c22-16-5-12(7-24-20(16)31-14-3-4-28-10-14)19(26)23-8-15-9-25(21(27)32-15)13-1-2-17-18(6-13)30-11-29-17/h1-2,5-7,14-15H,3-4,8-11H2,(H,23,26). The molecule has 0 saturated carbocycles. The number of carbonyl (C=O) groups excluding carboxylic acids is 2. The first-order valence-electron chi connectivity index (χ1n) is 10.1. The molecule has 1 N–H and O–H groups in total. The van der Waals surface area contributed by atoms with E-state index in [1.165, 1.54) is 17.2 Å². The number of halogens is 1. The second-order valence-electron chi connectivity index (χ2n) is 7.48. The van der Waals surface area contributed by atoms with Gasteiger partial charge >= 0.3 is 6.09 Å². The zero-order valence-electron chi connectivity index (χ0n) is 16.9. The molecule has 3 aliphatic heterocycles. The Balaban J connectivity index is 1.16. The van der Waals surface area contributed by atoms with Crippen molar-refractivity contribution in [1.82, 2.24) is 10.3 Å². The molecule has 2 fully saturated rings. The maximum Gasteiger partial charge on any atom is 0.414 e. The molecule has 3 aliphatic rings. The Bertz CT molecular complexity index is 1040. The van der Waals surface area contributed by atoms with Crippen LogP contribution in [0.3, 0.4) is 0 Å². The second kappa shape index (κ2) is 8.71. The average Bonchev–Trinajstić information content (AvgIpc) is 3.54. The number of nitrogens with one attached hydrogen (secondary N) is 1. The minimum Gasteiger partial charge on any atom is -0.471 e. The number of ether oxygens (including phenoxy) is 5. The van der Waals surface area contributed by atoms with Gasteiger partial charge in [-0.05, 0) is 18.2 Å². The molecule has 1 aromatic carbocycles. The summed E-state index contributed by atoms with van der Waals surface area (Å²) >= 11 is 6.22. The zero-order chi connectivity index (χ0) is 22.1. The number of aromatic nitrogens is 1. The monoisotopic (exact) mass is 461 g/mol. The Labute approximate surface area is 188 Å². The number of amides is 2. The second-order valence-corrected chi connectivity index (χ2v) is 7.89. The molecule has 4 heterocycles. The van der Waals surface area contributed by atoms with Crippen molar-refractivity contribution in [3.63, 3.8) is 0 Å². The SMILES string of the molecule is O=C(NCC1CN(c2ccc3c(c2)OCO3)C(=O)O1)c1cnc(OC2CCOC2)c(Cl)c1. The van der Waals surface area contributed by atoms with E-state index in [2.05, 4.69) is 10.3 Å². The molecule has 2 unspecified atom stereocenters. The Morgan fingerprint density at radius 2 is 2.16 bits per heavy atom. The fourth-order valence-electron chi connectivity index (χ4n) is 3.60. The van der Waals surface area contributed by atoms with E-state index in [0.717, 1.165) is 6.42 Å². The van der Waals surface area contributed by atoms with E-state index in [1.807, 2.05) is 0 Å². The van der Waals surface area contributed by atoms with Crippen molar-refractivity contribution in [3.05, 3.63) is 41.0 Å². The molecule has 10 nitrogen and oxygen atoms in total. The predicted octanol–water partition coefficient (Wildman–Crippen LogP) is 2.39. The van der Waals surface area contributed by atoms with Gasteiger partial charge in [0.15, 0.2) is 11.5 Å². The van der Waals surface area contributed by atoms with Crippen molar-refractivity contribution in [2.45, 2.75) is 18.6 Å². The maximum atomic E-state index is 12.5. The van der Waals surface area contributed by atoms with Gasteiger partial charge < -0.3 is 29.0 Å². The van der Waals surface area contributed by atoms with Gasteiger partial charge in [-0.3, -0.25) is 9.69 Å². The van der Waals surface area contributed by atoms with E-state index in [-0.39, 0.29) is 48.4 Å². The normalized spacial score (nSPS) is 21.5. The summed E-state index contributed by atoms with van der Waals surface area (Å²) in [4.78, 5) is 30.4. The van der Waals surface area contributed by atoms with E-state index in [9.17, 15) is 9.59 Å². The van der Waals surface area contributed by atoms with Gasteiger partial charge in [0.05, 0.1) is 37.6 Å². The number of hydrogen-bond acceptors (Lipinski definition) is 8. The van der Waals surface area contributed by atoms with Gasteiger partial charge in [-0.1, -0.05) is 11.6 Å². The van der Waals surface area contributed by atoms with Gasteiger partial charge in [0.25, 0.3) is 5.91 Å².